The lowest BCUT2D eigenvalue weighted by atomic mass is 9.68. The predicted molar refractivity (Wildman–Crippen MR) is 90.9 cm³/mol. The van der Waals surface area contributed by atoms with Gasteiger partial charge in [0.2, 0.25) is 0 Å². The first-order valence-electron chi connectivity index (χ1n) is 8.80. The highest BCUT2D eigenvalue weighted by Crippen LogP contribution is 2.41. The zero-order valence-corrected chi connectivity index (χ0v) is 13.4. The molecule has 0 amide bonds. The second-order valence-electron chi connectivity index (χ2n) is 7.26. The molecular formula is C21H26. The normalized spacial score (nSPS) is 24.7. The van der Waals surface area contributed by atoms with Crippen molar-refractivity contribution < 1.29 is 0 Å². The van der Waals surface area contributed by atoms with E-state index in [1.54, 1.807) is 11.1 Å². The summed E-state index contributed by atoms with van der Waals surface area (Å²) in [5.74, 6) is 1.94. The molecule has 1 fully saturated rings. The van der Waals surface area contributed by atoms with E-state index in [0.717, 1.165) is 18.3 Å². The Morgan fingerprint density at radius 2 is 1.62 bits per heavy atom. The maximum Gasteiger partial charge on any atom is -0.0149 e. The van der Waals surface area contributed by atoms with Gasteiger partial charge in [-0.25, -0.2) is 0 Å². The van der Waals surface area contributed by atoms with Crippen LogP contribution in [0.2, 0.25) is 0 Å². The summed E-state index contributed by atoms with van der Waals surface area (Å²) in [6.45, 7) is 4.57. The molecule has 0 bridgehead atoms. The van der Waals surface area contributed by atoms with E-state index < -0.39 is 0 Å². The highest BCUT2D eigenvalue weighted by Gasteiger charge is 2.30. The van der Waals surface area contributed by atoms with Crippen molar-refractivity contribution in [3.63, 3.8) is 0 Å². The van der Waals surface area contributed by atoms with Crippen LogP contribution >= 0.6 is 0 Å². The molecule has 0 heterocycles. The number of hydrogen-bond donors (Lipinski definition) is 0. The van der Waals surface area contributed by atoms with Gasteiger partial charge in [-0.05, 0) is 83.9 Å². The van der Waals surface area contributed by atoms with Gasteiger partial charge in [0.25, 0.3) is 0 Å². The predicted octanol–water partition coefficient (Wildman–Crippen LogP) is 5.62. The second kappa shape index (κ2) is 5.16. The van der Waals surface area contributed by atoms with Crippen LogP contribution in [0.5, 0.6) is 0 Å². The van der Waals surface area contributed by atoms with Gasteiger partial charge in [-0.3, -0.25) is 0 Å². The van der Waals surface area contributed by atoms with E-state index >= 15 is 0 Å². The van der Waals surface area contributed by atoms with Crippen LogP contribution in [0.4, 0.5) is 0 Å². The third-order valence-corrected chi connectivity index (χ3v) is 6.13. The lowest BCUT2D eigenvalue weighted by molar-refractivity contribution is 0.221. The Labute approximate surface area is 128 Å². The molecule has 110 valence electrons. The number of rotatable bonds is 1. The molecule has 2 atom stereocenters. The standard InChI is InChI=1S/C21H26/c1-3-15-8-9-18-12-19-10-16-6-4-5-7-17(16)11-20(19)13-21(18)14(15)2/h8-9,12-13,16-17H,3-7,10-11H2,1-2H3/t16-,17+/m1/s1. The number of benzene rings is 2. The van der Waals surface area contributed by atoms with Crippen molar-refractivity contribution in [2.45, 2.75) is 58.8 Å². The molecule has 4 rings (SSSR count). The molecule has 0 nitrogen and oxygen atoms in total. The van der Waals surface area contributed by atoms with Crippen molar-refractivity contribution in [3.8, 4) is 0 Å². The minimum atomic E-state index is 0.971. The van der Waals surface area contributed by atoms with Crippen LogP contribution in [0.1, 0.15) is 54.9 Å². The molecule has 1 saturated carbocycles. The van der Waals surface area contributed by atoms with E-state index in [9.17, 15) is 0 Å². The summed E-state index contributed by atoms with van der Waals surface area (Å²) in [7, 11) is 0. The largest absolute Gasteiger partial charge is 0.0613 e. The van der Waals surface area contributed by atoms with Crippen LogP contribution in [-0.2, 0) is 19.3 Å². The zero-order chi connectivity index (χ0) is 14.4. The molecule has 0 radical (unpaired) electrons. The Morgan fingerprint density at radius 3 is 2.29 bits per heavy atom. The molecule has 0 heteroatoms. The van der Waals surface area contributed by atoms with Gasteiger partial charge in [-0.15, -0.1) is 0 Å². The summed E-state index contributed by atoms with van der Waals surface area (Å²) in [6.07, 6.45) is 9.68. The lowest BCUT2D eigenvalue weighted by Crippen LogP contribution is -2.28. The molecule has 0 aromatic heterocycles. The third kappa shape index (κ3) is 2.20. The van der Waals surface area contributed by atoms with E-state index in [2.05, 4.69) is 38.1 Å². The van der Waals surface area contributed by atoms with Gasteiger partial charge in [0.1, 0.15) is 0 Å². The van der Waals surface area contributed by atoms with E-state index in [-0.39, 0.29) is 0 Å². The Bertz CT molecular complexity index is 680. The van der Waals surface area contributed by atoms with Gasteiger partial charge in [-0.2, -0.15) is 0 Å². The van der Waals surface area contributed by atoms with Crippen LogP contribution in [0.25, 0.3) is 10.8 Å². The van der Waals surface area contributed by atoms with Crippen LogP contribution in [0, 0.1) is 18.8 Å². The average Bonchev–Trinajstić information content (AvgIpc) is 2.52. The summed E-state index contributed by atoms with van der Waals surface area (Å²) < 4.78 is 0. The molecule has 2 aromatic carbocycles. The van der Waals surface area contributed by atoms with Gasteiger partial charge >= 0.3 is 0 Å². The molecule has 0 N–H and O–H groups in total. The molecule has 0 unspecified atom stereocenters. The fraction of sp³-hybridized carbons (Fsp3) is 0.524. The van der Waals surface area contributed by atoms with Gasteiger partial charge < -0.3 is 0 Å². The van der Waals surface area contributed by atoms with Crippen LogP contribution in [0.3, 0.4) is 0 Å². The monoisotopic (exact) mass is 278 g/mol. The van der Waals surface area contributed by atoms with Crippen molar-refractivity contribution in [2.75, 3.05) is 0 Å². The fourth-order valence-corrected chi connectivity index (χ4v) is 4.81. The van der Waals surface area contributed by atoms with E-state index in [4.69, 9.17) is 0 Å². The summed E-state index contributed by atoms with van der Waals surface area (Å²) in [6, 6.07) is 9.70. The van der Waals surface area contributed by atoms with Gasteiger partial charge in [0, 0.05) is 0 Å². The zero-order valence-electron chi connectivity index (χ0n) is 13.4. The Kier molecular flexibility index (Phi) is 3.28. The van der Waals surface area contributed by atoms with Crippen molar-refractivity contribution >= 4 is 10.8 Å². The minimum Gasteiger partial charge on any atom is -0.0613 e. The summed E-state index contributed by atoms with van der Waals surface area (Å²) >= 11 is 0. The first kappa shape index (κ1) is 13.4. The number of aryl methyl sites for hydroxylation is 2. The van der Waals surface area contributed by atoms with Crippen LogP contribution in [-0.4, -0.2) is 0 Å². The highest BCUT2D eigenvalue weighted by atomic mass is 14.4. The molecule has 2 aliphatic rings. The quantitative estimate of drug-likeness (QED) is 0.635. The molecule has 0 saturated heterocycles. The molecule has 2 aromatic rings. The summed E-state index contributed by atoms with van der Waals surface area (Å²) in [4.78, 5) is 0. The van der Waals surface area contributed by atoms with Gasteiger partial charge in [-0.1, -0.05) is 44.0 Å². The van der Waals surface area contributed by atoms with Crippen molar-refractivity contribution in [1.82, 2.24) is 0 Å². The van der Waals surface area contributed by atoms with E-state index in [1.165, 1.54) is 60.4 Å². The fourth-order valence-electron chi connectivity index (χ4n) is 4.81. The Morgan fingerprint density at radius 1 is 0.952 bits per heavy atom. The lowest BCUT2D eigenvalue weighted by Gasteiger charge is -2.37. The SMILES string of the molecule is CCc1ccc2cc3c(cc2c1C)C[C@@H]1CCCC[C@@H]1C3. The van der Waals surface area contributed by atoms with Crippen molar-refractivity contribution in [3.05, 3.63) is 46.5 Å². The Hall–Kier alpha value is -1.30. The second-order valence-corrected chi connectivity index (χ2v) is 7.26. The molecular weight excluding hydrogens is 252 g/mol. The maximum absolute atomic E-state index is 2.53. The first-order valence-corrected chi connectivity index (χ1v) is 8.80. The molecule has 21 heavy (non-hydrogen) atoms. The highest BCUT2D eigenvalue weighted by molar-refractivity contribution is 5.88. The molecule has 0 aliphatic heterocycles. The minimum absolute atomic E-state index is 0.971. The van der Waals surface area contributed by atoms with Crippen molar-refractivity contribution in [2.24, 2.45) is 11.8 Å². The molecule has 0 spiro atoms. The van der Waals surface area contributed by atoms with Gasteiger partial charge in [0.15, 0.2) is 0 Å². The first-order chi connectivity index (χ1) is 10.3. The summed E-state index contributed by atoms with van der Waals surface area (Å²) in [5.41, 5.74) is 6.31. The smallest absolute Gasteiger partial charge is 0.0149 e. The maximum atomic E-state index is 2.53. The molecule has 2 aliphatic carbocycles. The number of hydrogen-bond acceptors (Lipinski definition) is 0. The van der Waals surface area contributed by atoms with Gasteiger partial charge in [0.05, 0.1) is 0 Å². The average molecular weight is 278 g/mol. The van der Waals surface area contributed by atoms with Crippen LogP contribution in [0.15, 0.2) is 24.3 Å². The summed E-state index contributed by atoms with van der Waals surface area (Å²) in [5, 5.41) is 2.96. The van der Waals surface area contributed by atoms with E-state index in [0.29, 0.717) is 0 Å². The van der Waals surface area contributed by atoms with E-state index in [1.807, 2.05) is 0 Å². The van der Waals surface area contributed by atoms with Crippen LogP contribution < -0.4 is 0 Å². The topological polar surface area (TPSA) is 0 Å². The number of fused-ring (bicyclic) bond motifs is 3. The Balaban J connectivity index is 1.82. The third-order valence-electron chi connectivity index (χ3n) is 6.13. The van der Waals surface area contributed by atoms with Crippen molar-refractivity contribution in [1.29, 1.82) is 0 Å².